The largest absolute Gasteiger partial charge is 0.354 e. The summed E-state index contributed by atoms with van der Waals surface area (Å²) in [6.45, 7) is 4.79. The minimum atomic E-state index is -0.783. The number of carbonyl (C=O) groups excluding carboxylic acids is 3. The molecule has 1 fully saturated rings. The Hall–Kier alpha value is -4.02. The van der Waals surface area contributed by atoms with Gasteiger partial charge in [0, 0.05) is 70.6 Å². The molecule has 2 aliphatic rings. The summed E-state index contributed by atoms with van der Waals surface area (Å²) < 4.78 is 3.82. The lowest BCUT2D eigenvalue weighted by Crippen LogP contribution is -2.56. The molecule has 11 heteroatoms. The first kappa shape index (κ1) is 27.5. The second kappa shape index (κ2) is 12.4. The summed E-state index contributed by atoms with van der Waals surface area (Å²) in [5, 5.41) is 14.7. The van der Waals surface area contributed by atoms with Crippen molar-refractivity contribution in [1.29, 1.82) is 0 Å². The van der Waals surface area contributed by atoms with Crippen molar-refractivity contribution in [3.8, 4) is 0 Å². The van der Waals surface area contributed by atoms with Gasteiger partial charge < -0.3 is 20.1 Å². The molecule has 3 amide bonds. The number of aryl methyl sites for hydroxylation is 3. The number of hydrogen-bond acceptors (Lipinski definition) is 6. The monoisotopic (exact) mass is 546 g/mol. The number of nitrogens with zero attached hydrogens (tertiary/aromatic N) is 6. The van der Waals surface area contributed by atoms with Crippen LogP contribution < -0.4 is 10.6 Å². The number of nitrogens with one attached hydrogen (secondary N) is 2. The van der Waals surface area contributed by atoms with Crippen molar-refractivity contribution in [3.05, 3.63) is 66.0 Å². The third-order valence-corrected chi connectivity index (χ3v) is 8.14. The molecule has 3 aromatic rings. The quantitative estimate of drug-likeness (QED) is 0.484. The molecule has 0 saturated carbocycles. The van der Waals surface area contributed by atoms with E-state index in [1.54, 1.807) is 10.9 Å². The number of likely N-dealkylation sites (tertiary alicyclic amines) is 1. The van der Waals surface area contributed by atoms with Gasteiger partial charge in [0.1, 0.15) is 11.9 Å². The minimum absolute atomic E-state index is 0.102. The Morgan fingerprint density at radius 3 is 2.67 bits per heavy atom. The maximum absolute atomic E-state index is 14.0. The Balaban J connectivity index is 1.29. The van der Waals surface area contributed by atoms with E-state index in [0.717, 1.165) is 30.0 Å². The van der Waals surface area contributed by atoms with E-state index in [9.17, 15) is 14.4 Å². The third-order valence-electron chi connectivity index (χ3n) is 8.14. The van der Waals surface area contributed by atoms with Crippen molar-refractivity contribution in [2.75, 3.05) is 19.6 Å². The fourth-order valence-corrected chi connectivity index (χ4v) is 5.69. The predicted molar refractivity (Wildman–Crippen MR) is 148 cm³/mol. The zero-order valence-electron chi connectivity index (χ0n) is 23.1. The van der Waals surface area contributed by atoms with Crippen LogP contribution in [0.25, 0.3) is 0 Å². The molecule has 11 nitrogen and oxygen atoms in total. The molecule has 0 aliphatic carbocycles. The van der Waals surface area contributed by atoms with Gasteiger partial charge in [-0.15, -0.1) is 5.10 Å². The molecule has 40 heavy (non-hydrogen) atoms. The van der Waals surface area contributed by atoms with Gasteiger partial charge in [-0.3, -0.25) is 19.1 Å². The van der Waals surface area contributed by atoms with Gasteiger partial charge in [-0.05, 0) is 38.2 Å². The Morgan fingerprint density at radius 1 is 1.12 bits per heavy atom. The van der Waals surface area contributed by atoms with Crippen LogP contribution >= 0.6 is 0 Å². The maximum atomic E-state index is 14.0. The van der Waals surface area contributed by atoms with Crippen LogP contribution in [-0.2, 0) is 40.3 Å². The Morgan fingerprint density at radius 2 is 1.93 bits per heavy atom. The zero-order valence-corrected chi connectivity index (χ0v) is 23.1. The smallest absolute Gasteiger partial charge is 0.242 e. The summed E-state index contributed by atoms with van der Waals surface area (Å²) in [5.74, 6) is 0.684. The van der Waals surface area contributed by atoms with Crippen molar-refractivity contribution in [2.45, 2.75) is 71.0 Å². The number of aromatic nitrogens is 5. The summed E-state index contributed by atoms with van der Waals surface area (Å²) in [6.07, 6.45) is 9.30. The van der Waals surface area contributed by atoms with Crippen LogP contribution in [0.2, 0.25) is 0 Å². The van der Waals surface area contributed by atoms with Crippen LogP contribution in [0.3, 0.4) is 0 Å². The second-order valence-electron chi connectivity index (χ2n) is 10.9. The van der Waals surface area contributed by atoms with Gasteiger partial charge in [-0.25, -0.2) is 4.98 Å². The van der Waals surface area contributed by atoms with E-state index in [4.69, 9.17) is 0 Å². The van der Waals surface area contributed by atoms with E-state index in [2.05, 4.69) is 25.9 Å². The molecular weight excluding hydrogens is 508 g/mol. The molecule has 1 saturated heterocycles. The summed E-state index contributed by atoms with van der Waals surface area (Å²) in [7, 11) is 0. The lowest BCUT2D eigenvalue weighted by atomic mass is 9.73. The maximum Gasteiger partial charge on any atom is 0.242 e. The third kappa shape index (κ3) is 6.57. The average Bonchev–Trinajstić information content (AvgIpc) is 3.59. The highest BCUT2D eigenvalue weighted by Crippen LogP contribution is 2.36. The highest BCUT2D eigenvalue weighted by Gasteiger charge is 2.44. The Bertz CT molecular complexity index is 1310. The lowest BCUT2D eigenvalue weighted by Gasteiger charge is -2.41. The topological polar surface area (TPSA) is 127 Å². The number of rotatable bonds is 6. The average molecular weight is 547 g/mol. The van der Waals surface area contributed by atoms with E-state index in [-0.39, 0.29) is 17.7 Å². The highest BCUT2D eigenvalue weighted by atomic mass is 16.2. The number of amides is 3. The van der Waals surface area contributed by atoms with Crippen LogP contribution in [0.4, 0.5) is 0 Å². The normalized spacial score (nSPS) is 19.7. The first-order chi connectivity index (χ1) is 19.4. The van der Waals surface area contributed by atoms with E-state index < -0.39 is 11.5 Å². The summed E-state index contributed by atoms with van der Waals surface area (Å²) in [4.78, 5) is 46.3. The summed E-state index contributed by atoms with van der Waals surface area (Å²) in [6, 6.07) is 9.04. The zero-order chi connectivity index (χ0) is 28.0. The Kier molecular flexibility index (Phi) is 8.57. The molecule has 0 unspecified atom stereocenters. The van der Waals surface area contributed by atoms with E-state index in [1.807, 2.05) is 59.1 Å². The molecule has 212 valence electrons. The molecular formula is C29H38N8O3. The summed E-state index contributed by atoms with van der Waals surface area (Å²) >= 11 is 0. The van der Waals surface area contributed by atoms with Crippen LogP contribution in [0, 0.1) is 12.3 Å². The van der Waals surface area contributed by atoms with Gasteiger partial charge in [-0.1, -0.05) is 35.5 Å². The highest BCUT2D eigenvalue weighted by molar-refractivity contribution is 5.90. The molecule has 1 spiro atoms. The SMILES string of the molecule is Cc1nccn1CCCC(=O)N1CCC2(CC1)Cc1cn(nn1)CCCNC(=O)[C@H](Cc1ccccc1)NC2=O. The van der Waals surface area contributed by atoms with E-state index in [0.29, 0.717) is 64.7 Å². The van der Waals surface area contributed by atoms with Crippen LogP contribution in [0.5, 0.6) is 0 Å². The number of fused-ring (bicyclic) bond motifs is 2. The predicted octanol–water partition coefficient (Wildman–Crippen LogP) is 1.66. The van der Waals surface area contributed by atoms with Crippen molar-refractivity contribution >= 4 is 17.7 Å². The van der Waals surface area contributed by atoms with Crippen LogP contribution in [0.15, 0.2) is 48.9 Å². The molecule has 2 aromatic heterocycles. The fourth-order valence-electron chi connectivity index (χ4n) is 5.69. The van der Waals surface area contributed by atoms with E-state index in [1.165, 1.54) is 0 Å². The molecule has 5 rings (SSSR count). The molecule has 2 bridgehead atoms. The van der Waals surface area contributed by atoms with Crippen LogP contribution in [-0.4, -0.2) is 72.8 Å². The first-order valence-corrected chi connectivity index (χ1v) is 14.2. The van der Waals surface area contributed by atoms with Gasteiger partial charge in [0.2, 0.25) is 17.7 Å². The summed E-state index contributed by atoms with van der Waals surface area (Å²) in [5.41, 5.74) is 0.951. The van der Waals surface area contributed by atoms with Crippen molar-refractivity contribution in [2.24, 2.45) is 5.41 Å². The molecule has 0 radical (unpaired) electrons. The minimum Gasteiger partial charge on any atom is -0.354 e. The molecule has 4 heterocycles. The van der Waals surface area contributed by atoms with Gasteiger partial charge >= 0.3 is 0 Å². The van der Waals surface area contributed by atoms with Crippen LogP contribution in [0.1, 0.15) is 49.2 Å². The number of benzene rings is 1. The number of hydrogen-bond donors (Lipinski definition) is 2. The number of piperidine rings is 1. The number of imidazole rings is 1. The van der Waals surface area contributed by atoms with E-state index >= 15 is 0 Å². The molecule has 1 aromatic carbocycles. The second-order valence-corrected chi connectivity index (χ2v) is 10.9. The first-order valence-electron chi connectivity index (χ1n) is 14.2. The fraction of sp³-hybridized carbons (Fsp3) is 0.517. The van der Waals surface area contributed by atoms with Crippen molar-refractivity contribution in [1.82, 2.24) is 40.1 Å². The van der Waals surface area contributed by atoms with Gasteiger partial charge in [-0.2, -0.15) is 0 Å². The van der Waals surface area contributed by atoms with Gasteiger partial charge in [0.25, 0.3) is 0 Å². The van der Waals surface area contributed by atoms with Crippen molar-refractivity contribution < 1.29 is 14.4 Å². The number of carbonyl (C=O) groups is 3. The Labute approximate surface area is 234 Å². The lowest BCUT2D eigenvalue weighted by molar-refractivity contribution is -0.142. The molecule has 2 aliphatic heterocycles. The van der Waals surface area contributed by atoms with Gasteiger partial charge in [0.05, 0.1) is 11.1 Å². The standard InChI is InChI=1S/C29H38N8O3/c1-22-30-13-18-35(22)14-5-9-26(38)36-16-10-29(11-17-36)20-24-21-37(34-33-24)15-6-12-31-27(39)25(32-28(29)40)19-23-7-3-2-4-8-23/h2-4,7-8,13,18,21,25H,5-6,9-12,14-17,19-20H2,1H3,(H,31,39)(H,32,40)/t25-/m0/s1. The molecule has 2 N–H and O–H groups in total. The molecule has 1 atom stereocenters. The van der Waals surface area contributed by atoms with Gasteiger partial charge in [0.15, 0.2) is 0 Å². The van der Waals surface area contributed by atoms with Crippen molar-refractivity contribution in [3.63, 3.8) is 0 Å².